The number of hydrogen-bond acceptors (Lipinski definition) is 5. The number of para-hydroxylation sites is 1. The molecule has 0 aliphatic rings. The zero-order valence-electron chi connectivity index (χ0n) is 12.5. The molecule has 24 heavy (non-hydrogen) atoms. The van der Waals surface area contributed by atoms with Gasteiger partial charge in [0.2, 0.25) is 5.89 Å². The largest absolute Gasteiger partial charge is 0.444 e. The predicted octanol–water partition coefficient (Wildman–Crippen LogP) is 4.72. The van der Waals surface area contributed by atoms with E-state index in [-0.39, 0.29) is 5.82 Å². The average molecular weight is 337 g/mol. The SMILES string of the molecule is Fc1cccc(-c2nc(CSc3ncnc4ccccc34)co2)c1. The van der Waals surface area contributed by atoms with Gasteiger partial charge in [-0.05, 0) is 24.3 Å². The monoisotopic (exact) mass is 337 g/mol. The van der Waals surface area contributed by atoms with E-state index in [1.807, 2.05) is 24.3 Å². The van der Waals surface area contributed by atoms with Gasteiger partial charge in [0.05, 0.1) is 11.2 Å². The van der Waals surface area contributed by atoms with Crippen molar-refractivity contribution in [3.63, 3.8) is 0 Å². The maximum atomic E-state index is 13.3. The normalized spacial score (nSPS) is 11.0. The van der Waals surface area contributed by atoms with E-state index < -0.39 is 0 Å². The van der Waals surface area contributed by atoms with Gasteiger partial charge >= 0.3 is 0 Å². The molecular weight excluding hydrogens is 325 g/mol. The molecule has 4 rings (SSSR count). The molecule has 0 spiro atoms. The van der Waals surface area contributed by atoms with E-state index in [1.165, 1.54) is 12.1 Å². The van der Waals surface area contributed by atoms with Gasteiger partial charge in [-0.15, -0.1) is 0 Å². The lowest BCUT2D eigenvalue weighted by atomic mass is 10.2. The molecule has 0 saturated carbocycles. The van der Waals surface area contributed by atoms with E-state index in [9.17, 15) is 4.39 Å². The number of benzene rings is 2. The van der Waals surface area contributed by atoms with Crippen LogP contribution in [0.4, 0.5) is 4.39 Å². The van der Waals surface area contributed by atoms with Crippen LogP contribution in [0.25, 0.3) is 22.4 Å². The average Bonchev–Trinajstić information content (AvgIpc) is 3.09. The Kier molecular flexibility index (Phi) is 3.96. The fraction of sp³-hybridized carbons (Fsp3) is 0.0556. The van der Waals surface area contributed by atoms with Crippen LogP contribution in [0.5, 0.6) is 0 Å². The summed E-state index contributed by atoms with van der Waals surface area (Å²) in [5.41, 5.74) is 2.32. The third-order valence-corrected chi connectivity index (χ3v) is 4.53. The first-order valence-electron chi connectivity index (χ1n) is 7.32. The minimum atomic E-state index is -0.311. The third-order valence-electron chi connectivity index (χ3n) is 3.49. The minimum Gasteiger partial charge on any atom is -0.444 e. The molecule has 0 aliphatic heterocycles. The topological polar surface area (TPSA) is 51.8 Å². The van der Waals surface area contributed by atoms with Crippen LogP contribution in [0.15, 0.2) is 70.6 Å². The summed E-state index contributed by atoms with van der Waals surface area (Å²) in [6.45, 7) is 0. The van der Waals surface area contributed by atoms with Gasteiger partial charge in [0, 0.05) is 16.7 Å². The fourth-order valence-corrected chi connectivity index (χ4v) is 3.23. The summed E-state index contributed by atoms with van der Waals surface area (Å²) < 4.78 is 18.7. The Balaban J connectivity index is 1.54. The van der Waals surface area contributed by atoms with E-state index >= 15 is 0 Å². The highest BCUT2D eigenvalue weighted by Gasteiger charge is 2.10. The van der Waals surface area contributed by atoms with Crippen molar-refractivity contribution in [3.8, 4) is 11.5 Å². The maximum absolute atomic E-state index is 13.3. The molecule has 0 radical (unpaired) electrons. The zero-order valence-corrected chi connectivity index (χ0v) is 13.3. The maximum Gasteiger partial charge on any atom is 0.226 e. The summed E-state index contributed by atoms with van der Waals surface area (Å²) in [5.74, 6) is 0.714. The van der Waals surface area contributed by atoms with Crippen LogP contribution in [0.1, 0.15) is 5.69 Å². The van der Waals surface area contributed by atoms with Crippen molar-refractivity contribution in [2.75, 3.05) is 0 Å². The van der Waals surface area contributed by atoms with Gasteiger partial charge in [-0.2, -0.15) is 0 Å². The summed E-state index contributed by atoms with van der Waals surface area (Å²) in [6, 6.07) is 14.1. The number of thioether (sulfide) groups is 1. The van der Waals surface area contributed by atoms with Gasteiger partial charge in [0.15, 0.2) is 0 Å². The molecule has 2 heterocycles. The lowest BCUT2D eigenvalue weighted by molar-refractivity contribution is 0.571. The number of fused-ring (bicyclic) bond motifs is 1. The number of aromatic nitrogens is 3. The van der Waals surface area contributed by atoms with Gasteiger partial charge in [0.25, 0.3) is 0 Å². The molecule has 118 valence electrons. The van der Waals surface area contributed by atoms with Gasteiger partial charge in [-0.25, -0.2) is 19.3 Å². The predicted molar refractivity (Wildman–Crippen MR) is 91.0 cm³/mol. The Morgan fingerprint density at radius 2 is 1.96 bits per heavy atom. The molecule has 0 fully saturated rings. The second-order valence-electron chi connectivity index (χ2n) is 5.14. The van der Waals surface area contributed by atoms with Crippen LogP contribution in [0, 0.1) is 5.82 Å². The molecule has 0 atom stereocenters. The summed E-state index contributed by atoms with van der Waals surface area (Å²) in [7, 11) is 0. The summed E-state index contributed by atoms with van der Waals surface area (Å²) in [5, 5.41) is 1.91. The number of nitrogens with zero attached hydrogens (tertiary/aromatic N) is 3. The Labute approximate surface area is 141 Å². The van der Waals surface area contributed by atoms with E-state index in [1.54, 1.807) is 36.5 Å². The first-order valence-corrected chi connectivity index (χ1v) is 8.31. The van der Waals surface area contributed by atoms with E-state index in [4.69, 9.17) is 4.42 Å². The Hall–Kier alpha value is -2.73. The van der Waals surface area contributed by atoms with Crippen LogP contribution >= 0.6 is 11.8 Å². The van der Waals surface area contributed by atoms with Crippen LogP contribution in [-0.4, -0.2) is 15.0 Å². The standard InChI is InChI=1S/C18H12FN3OS/c19-13-5-3-4-12(8-13)17-22-14(9-23-17)10-24-18-15-6-1-2-7-16(15)20-11-21-18/h1-9,11H,10H2. The zero-order chi connectivity index (χ0) is 16.4. The molecule has 0 amide bonds. The van der Waals surface area contributed by atoms with Crippen molar-refractivity contribution < 1.29 is 8.81 Å². The highest BCUT2D eigenvalue weighted by Crippen LogP contribution is 2.28. The molecule has 0 bridgehead atoms. The lowest BCUT2D eigenvalue weighted by Crippen LogP contribution is -1.88. The summed E-state index contributed by atoms with van der Waals surface area (Å²) >= 11 is 1.57. The van der Waals surface area contributed by atoms with Crippen molar-refractivity contribution in [1.82, 2.24) is 15.0 Å². The molecule has 0 N–H and O–H groups in total. The smallest absolute Gasteiger partial charge is 0.226 e. The van der Waals surface area contributed by atoms with Crippen molar-refractivity contribution in [3.05, 3.63) is 72.6 Å². The Morgan fingerprint density at radius 3 is 2.88 bits per heavy atom. The highest BCUT2D eigenvalue weighted by atomic mass is 32.2. The summed E-state index contributed by atoms with van der Waals surface area (Å²) in [4.78, 5) is 13.0. The number of hydrogen-bond donors (Lipinski definition) is 0. The Bertz CT molecular complexity index is 997. The van der Waals surface area contributed by atoms with Crippen LogP contribution in [0.3, 0.4) is 0 Å². The van der Waals surface area contributed by atoms with E-state index in [0.29, 0.717) is 17.2 Å². The van der Waals surface area contributed by atoms with Crippen molar-refractivity contribution >= 4 is 22.7 Å². The molecular formula is C18H12FN3OS. The van der Waals surface area contributed by atoms with Crippen molar-refractivity contribution in [1.29, 1.82) is 0 Å². The van der Waals surface area contributed by atoms with Gasteiger partial charge < -0.3 is 4.42 Å². The quantitative estimate of drug-likeness (QED) is 0.398. The molecule has 0 aliphatic carbocycles. The minimum absolute atomic E-state index is 0.311. The van der Waals surface area contributed by atoms with E-state index in [0.717, 1.165) is 21.6 Å². The lowest BCUT2D eigenvalue weighted by Gasteiger charge is -2.02. The first-order chi connectivity index (χ1) is 11.8. The number of oxazole rings is 1. The van der Waals surface area contributed by atoms with Gasteiger partial charge in [-0.3, -0.25) is 0 Å². The fourth-order valence-electron chi connectivity index (χ4n) is 2.36. The second kappa shape index (κ2) is 6.41. The van der Waals surface area contributed by atoms with Crippen molar-refractivity contribution in [2.45, 2.75) is 10.8 Å². The molecule has 0 saturated heterocycles. The van der Waals surface area contributed by atoms with Crippen molar-refractivity contribution in [2.24, 2.45) is 0 Å². The summed E-state index contributed by atoms with van der Waals surface area (Å²) in [6.07, 6.45) is 3.16. The van der Waals surface area contributed by atoms with E-state index in [2.05, 4.69) is 15.0 Å². The van der Waals surface area contributed by atoms with Crippen LogP contribution < -0.4 is 0 Å². The number of rotatable bonds is 4. The molecule has 2 aromatic carbocycles. The molecule has 6 heteroatoms. The van der Waals surface area contributed by atoms with Crippen LogP contribution in [-0.2, 0) is 5.75 Å². The Morgan fingerprint density at radius 1 is 1.04 bits per heavy atom. The first kappa shape index (κ1) is 14.8. The second-order valence-corrected chi connectivity index (χ2v) is 6.10. The van der Waals surface area contributed by atoms with Crippen LogP contribution in [0.2, 0.25) is 0 Å². The highest BCUT2D eigenvalue weighted by molar-refractivity contribution is 7.98. The van der Waals surface area contributed by atoms with Gasteiger partial charge in [0.1, 0.15) is 23.4 Å². The number of halogens is 1. The van der Waals surface area contributed by atoms with Gasteiger partial charge in [-0.1, -0.05) is 36.0 Å². The molecule has 4 nitrogen and oxygen atoms in total. The molecule has 4 aromatic rings. The third kappa shape index (κ3) is 3.00. The molecule has 2 aromatic heterocycles. The molecule has 0 unspecified atom stereocenters.